The van der Waals surface area contributed by atoms with E-state index < -0.39 is 4.92 Å². The van der Waals surface area contributed by atoms with Gasteiger partial charge in [0.25, 0.3) is 0 Å². The first-order valence-electron chi connectivity index (χ1n) is 7.28. The second kappa shape index (κ2) is 5.76. The minimum absolute atomic E-state index is 0.00293. The lowest BCUT2D eigenvalue weighted by molar-refractivity contribution is -0.386. The number of alkyl halides is 1. The lowest BCUT2D eigenvalue weighted by Gasteiger charge is -2.54. The summed E-state index contributed by atoms with van der Waals surface area (Å²) in [4.78, 5) is 10.8. The molecule has 0 N–H and O–H groups in total. The van der Waals surface area contributed by atoms with E-state index in [1.165, 1.54) is 25.3 Å². The third kappa shape index (κ3) is 2.55. The van der Waals surface area contributed by atoms with E-state index in [1.807, 2.05) is 0 Å². The SMILES string of the molecule is O=[N+]([O-])c1cccc(Br)c1OC1CC(Cl)C12CCCCC2. The van der Waals surface area contributed by atoms with E-state index in [-0.39, 0.29) is 22.6 Å². The van der Waals surface area contributed by atoms with Crippen LogP contribution in [0.2, 0.25) is 0 Å². The van der Waals surface area contributed by atoms with Gasteiger partial charge < -0.3 is 4.74 Å². The topological polar surface area (TPSA) is 52.4 Å². The first kappa shape index (κ1) is 15.1. The minimum atomic E-state index is -0.398. The minimum Gasteiger partial charge on any atom is -0.482 e. The number of hydrogen-bond acceptors (Lipinski definition) is 3. The fourth-order valence-corrected chi connectivity index (χ4v) is 4.58. The van der Waals surface area contributed by atoms with Gasteiger partial charge >= 0.3 is 5.69 Å². The highest BCUT2D eigenvalue weighted by Crippen LogP contribution is 2.56. The summed E-state index contributed by atoms with van der Waals surface area (Å²) >= 11 is 9.82. The van der Waals surface area contributed by atoms with Crippen LogP contribution in [0.4, 0.5) is 5.69 Å². The van der Waals surface area contributed by atoms with Gasteiger partial charge in [-0.2, -0.15) is 0 Å². The highest BCUT2D eigenvalue weighted by atomic mass is 79.9. The first-order chi connectivity index (χ1) is 10.0. The summed E-state index contributed by atoms with van der Waals surface area (Å²) in [5, 5.41) is 11.3. The van der Waals surface area contributed by atoms with Crippen molar-refractivity contribution in [2.75, 3.05) is 0 Å². The quantitative estimate of drug-likeness (QED) is 0.422. The van der Waals surface area contributed by atoms with Crippen LogP contribution < -0.4 is 4.74 Å². The van der Waals surface area contributed by atoms with Gasteiger partial charge in [0.15, 0.2) is 0 Å². The predicted molar refractivity (Wildman–Crippen MR) is 85.0 cm³/mol. The van der Waals surface area contributed by atoms with E-state index >= 15 is 0 Å². The number of halogens is 2. The Labute approximate surface area is 137 Å². The van der Waals surface area contributed by atoms with Crippen LogP contribution in [0.1, 0.15) is 38.5 Å². The predicted octanol–water partition coefficient (Wildman–Crippen LogP) is 5.07. The van der Waals surface area contributed by atoms with Crippen LogP contribution in [0, 0.1) is 15.5 Å². The Morgan fingerprint density at radius 2 is 2.05 bits per heavy atom. The molecule has 0 heterocycles. The molecular weight excluding hydrogens is 358 g/mol. The lowest BCUT2D eigenvalue weighted by Crippen LogP contribution is -2.58. The molecule has 0 saturated heterocycles. The van der Waals surface area contributed by atoms with E-state index in [1.54, 1.807) is 12.1 Å². The molecule has 0 aromatic heterocycles. The fourth-order valence-electron chi connectivity index (χ4n) is 3.61. The fraction of sp³-hybridized carbons (Fsp3) is 0.600. The Bertz CT molecular complexity index is 560. The zero-order chi connectivity index (χ0) is 15.0. The molecule has 2 fully saturated rings. The van der Waals surface area contributed by atoms with Crippen LogP contribution >= 0.6 is 27.5 Å². The van der Waals surface area contributed by atoms with Crippen LogP contribution in [0.3, 0.4) is 0 Å². The van der Waals surface area contributed by atoms with Gasteiger partial charge in [-0.3, -0.25) is 10.1 Å². The van der Waals surface area contributed by atoms with Crippen molar-refractivity contribution in [1.82, 2.24) is 0 Å². The van der Waals surface area contributed by atoms with Crippen molar-refractivity contribution < 1.29 is 9.66 Å². The number of nitro benzene ring substituents is 1. The maximum absolute atomic E-state index is 11.2. The van der Waals surface area contributed by atoms with Crippen LogP contribution in [0.25, 0.3) is 0 Å². The number of rotatable bonds is 3. The van der Waals surface area contributed by atoms with Gasteiger partial charge in [-0.15, -0.1) is 11.6 Å². The number of para-hydroxylation sites is 1. The summed E-state index contributed by atoms with van der Waals surface area (Å²) in [5.74, 6) is 0.334. The third-order valence-corrected chi connectivity index (χ3v) is 6.11. The van der Waals surface area contributed by atoms with Crippen molar-refractivity contribution in [2.24, 2.45) is 5.41 Å². The molecule has 114 valence electrons. The van der Waals surface area contributed by atoms with Gasteiger partial charge in [0.1, 0.15) is 6.10 Å². The molecule has 2 unspecified atom stereocenters. The van der Waals surface area contributed by atoms with Crippen LogP contribution in [-0.2, 0) is 0 Å². The van der Waals surface area contributed by atoms with Crippen LogP contribution in [0.15, 0.2) is 22.7 Å². The average molecular weight is 375 g/mol. The van der Waals surface area contributed by atoms with Crippen molar-refractivity contribution >= 4 is 33.2 Å². The monoisotopic (exact) mass is 373 g/mol. The van der Waals surface area contributed by atoms with Crippen LogP contribution in [0.5, 0.6) is 5.75 Å². The molecule has 2 aliphatic rings. The van der Waals surface area contributed by atoms with Crippen molar-refractivity contribution in [2.45, 2.75) is 50.0 Å². The Morgan fingerprint density at radius 3 is 2.67 bits per heavy atom. The van der Waals surface area contributed by atoms with Crippen LogP contribution in [-0.4, -0.2) is 16.4 Å². The van der Waals surface area contributed by atoms with E-state index in [2.05, 4.69) is 15.9 Å². The molecule has 1 spiro atoms. The van der Waals surface area contributed by atoms with Gasteiger partial charge in [0.05, 0.1) is 9.40 Å². The molecule has 3 rings (SSSR count). The van der Waals surface area contributed by atoms with E-state index in [4.69, 9.17) is 16.3 Å². The molecule has 1 aromatic carbocycles. The van der Waals surface area contributed by atoms with Gasteiger partial charge in [0.2, 0.25) is 5.75 Å². The molecule has 1 aromatic rings. The summed E-state index contributed by atoms with van der Waals surface area (Å²) in [5.41, 5.74) is 0.0107. The number of ether oxygens (including phenoxy) is 1. The molecule has 0 aliphatic heterocycles. The molecule has 0 radical (unpaired) electrons. The largest absolute Gasteiger partial charge is 0.482 e. The van der Waals surface area contributed by atoms with Crippen molar-refractivity contribution in [3.8, 4) is 5.75 Å². The summed E-state index contributed by atoms with van der Waals surface area (Å²) < 4.78 is 6.69. The molecular formula is C15H17BrClNO3. The Kier molecular flexibility index (Phi) is 4.14. The molecule has 2 aliphatic carbocycles. The number of nitro groups is 1. The molecule has 2 saturated carbocycles. The maximum atomic E-state index is 11.2. The number of nitrogens with zero attached hydrogens (tertiary/aromatic N) is 1. The van der Waals surface area contributed by atoms with Gasteiger partial charge in [-0.05, 0) is 34.8 Å². The smallest absolute Gasteiger partial charge is 0.312 e. The third-order valence-electron chi connectivity index (χ3n) is 4.87. The molecule has 2 atom stereocenters. The summed E-state index contributed by atoms with van der Waals surface area (Å²) in [6.07, 6.45) is 6.45. The Hall–Kier alpha value is -0.810. The number of hydrogen-bond donors (Lipinski definition) is 0. The normalized spacial score (nSPS) is 27.1. The molecule has 4 nitrogen and oxygen atoms in total. The van der Waals surface area contributed by atoms with E-state index in [0.717, 1.165) is 19.3 Å². The summed E-state index contributed by atoms with van der Waals surface area (Å²) in [6, 6.07) is 4.90. The molecule has 0 amide bonds. The Balaban J connectivity index is 1.86. The van der Waals surface area contributed by atoms with Crippen molar-refractivity contribution in [1.29, 1.82) is 0 Å². The highest BCUT2D eigenvalue weighted by molar-refractivity contribution is 9.10. The first-order valence-corrected chi connectivity index (χ1v) is 8.51. The van der Waals surface area contributed by atoms with Gasteiger partial charge in [0, 0.05) is 23.3 Å². The van der Waals surface area contributed by atoms with Crippen molar-refractivity contribution in [3.05, 3.63) is 32.8 Å². The highest BCUT2D eigenvalue weighted by Gasteiger charge is 2.56. The van der Waals surface area contributed by atoms with Crippen molar-refractivity contribution in [3.63, 3.8) is 0 Å². The average Bonchev–Trinajstić information content (AvgIpc) is 2.49. The van der Waals surface area contributed by atoms with Gasteiger partial charge in [-0.25, -0.2) is 0 Å². The molecule has 6 heteroatoms. The standard InChI is InChI=1S/C15H17BrClNO3/c16-10-5-4-6-11(18(19)20)14(10)21-13-9-12(17)15(13)7-2-1-3-8-15/h4-6,12-13H,1-3,7-9H2. The second-order valence-corrected chi connectivity index (χ2v) is 7.33. The van der Waals surface area contributed by atoms with E-state index in [0.29, 0.717) is 10.2 Å². The zero-order valence-corrected chi connectivity index (χ0v) is 13.9. The summed E-state index contributed by atoms with van der Waals surface area (Å²) in [7, 11) is 0. The molecule has 21 heavy (non-hydrogen) atoms. The lowest BCUT2D eigenvalue weighted by atomic mass is 9.58. The second-order valence-electron chi connectivity index (χ2n) is 5.95. The molecule has 0 bridgehead atoms. The Morgan fingerprint density at radius 1 is 1.33 bits per heavy atom. The number of benzene rings is 1. The van der Waals surface area contributed by atoms with Gasteiger partial charge in [-0.1, -0.05) is 25.3 Å². The maximum Gasteiger partial charge on any atom is 0.312 e. The summed E-state index contributed by atoms with van der Waals surface area (Å²) in [6.45, 7) is 0. The van der Waals surface area contributed by atoms with E-state index in [9.17, 15) is 10.1 Å². The zero-order valence-electron chi connectivity index (χ0n) is 11.6.